The lowest BCUT2D eigenvalue weighted by Gasteiger charge is -2.41. The predicted octanol–water partition coefficient (Wildman–Crippen LogP) is 2.62. The fraction of sp³-hybridized carbons (Fsp3) is 0.448. The highest BCUT2D eigenvalue weighted by atomic mass is 16.5. The number of hydrogen-bond acceptors (Lipinski definition) is 7. The predicted molar refractivity (Wildman–Crippen MR) is 149 cm³/mol. The normalized spacial score (nSPS) is 18.5. The maximum atomic E-state index is 12.8. The highest BCUT2D eigenvalue weighted by Gasteiger charge is 2.33. The molecule has 10 heteroatoms. The summed E-state index contributed by atoms with van der Waals surface area (Å²) in [5.74, 6) is 0.948. The minimum atomic E-state index is 0.177. The third kappa shape index (κ3) is 4.37. The van der Waals surface area contributed by atoms with Crippen molar-refractivity contribution in [1.29, 1.82) is 0 Å². The number of H-pyrrole nitrogens is 1. The molecule has 0 radical (unpaired) electrons. The number of carbonyl (C=O) groups is 1. The molecule has 2 aliphatic heterocycles. The number of pyridine rings is 1. The van der Waals surface area contributed by atoms with Crippen LogP contribution in [0.3, 0.4) is 0 Å². The van der Waals surface area contributed by atoms with E-state index in [4.69, 9.17) is 9.72 Å². The zero-order valence-corrected chi connectivity index (χ0v) is 22.6. The highest BCUT2D eigenvalue weighted by Crippen LogP contribution is 2.39. The second kappa shape index (κ2) is 9.77. The van der Waals surface area contributed by atoms with E-state index in [1.807, 2.05) is 28.0 Å². The third-order valence-corrected chi connectivity index (χ3v) is 8.54. The van der Waals surface area contributed by atoms with E-state index in [-0.39, 0.29) is 11.9 Å². The molecule has 1 N–H and O–H groups in total. The van der Waals surface area contributed by atoms with Gasteiger partial charge in [-0.3, -0.25) is 19.5 Å². The number of likely N-dealkylation sites (tertiary alicyclic amines) is 1. The van der Waals surface area contributed by atoms with Gasteiger partial charge in [-0.2, -0.15) is 10.2 Å². The number of ether oxygens (including phenoxy) is 1. The Labute approximate surface area is 227 Å². The van der Waals surface area contributed by atoms with E-state index in [1.54, 1.807) is 7.11 Å². The first-order valence-corrected chi connectivity index (χ1v) is 13.8. The van der Waals surface area contributed by atoms with Crippen LogP contribution in [0, 0.1) is 0 Å². The number of nitrogens with zero attached hydrogens (tertiary/aromatic N) is 7. The number of piperazine rings is 1. The van der Waals surface area contributed by atoms with Gasteiger partial charge in [0.1, 0.15) is 22.7 Å². The SMILES string of the molecule is COc1cc2[nH]nc(-c3cnn(C4CN(C(=O)CN5CCN(C)CC5)C4)c3)c2nc1-c1cccc2c1CCC2. The molecule has 10 nitrogen and oxygen atoms in total. The third-order valence-electron chi connectivity index (χ3n) is 8.54. The summed E-state index contributed by atoms with van der Waals surface area (Å²) >= 11 is 0. The number of carbonyl (C=O) groups excluding carboxylic acids is 1. The molecule has 7 rings (SSSR count). The molecular formula is C29H34N8O2. The van der Waals surface area contributed by atoms with Crippen molar-refractivity contribution in [3.8, 4) is 28.3 Å². The summed E-state index contributed by atoms with van der Waals surface area (Å²) in [7, 11) is 3.82. The molecule has 4 aromatic rings. The molecule has 0 atom stereocenters. The molecule has 1 aliphatic carbocycles. The first-order valence-electron chi connectivity index (χ1n) is 13.8. The minimum Gasteiger partial charge on any atom is -0.494 e. The molecule has 0 unspecified atom stereocenters. The number of amides is 1. The van der Waals surface area contributed by atoms with Crippen molar-refractivity contribution in [3.63, 3.8) is 0 Å². The summed E-state index contributed by atoms with van der Waals surface area (Å²) in [5.41, 5.74) is 8.09. The maximum Gasteiger partial charge on any atom is 0.236 e. The molecule has 2 saturated heterocycles. The number of benzene rings is 1. The lowest BCUT2D eigenvalue weighted by atomic mass is 9.99. The number of methoxy groups -OCH3 is 1. The Hall–Kier alpha value is -3.76. The summed E-state index contributed by atoms with van der Waals surface area (Å²) < 4.78 is 7.72. The Morgan fingerprint density at radius 3 is 2.79 bits per heavy atom. The van der Waals surface area contributed by atoms with Crippen molar-refractivity contribution in [2.24, 2.45) is 0 Å². The van der Waals surface area contributed by atoms with E-state index in [2.05, 4.69) is 50.3 Å². The number of aromatic nitrogens is 5. The van der Waals surface area contributed by atoms with Gasteiger partial charge >= 0.3 is 0 Å². The molecular weight excluding hydrogens is 492 g/mol. The fourth-order valence-corrected chi connectivity index (χ4v) is 6.10. The monoisotopic (exact) mass is 526 g/mol. The van der Waals surface area contributed by atoms with Crippen LogP contribution in [-0.2, 0) is 17.6 Å². The van der Waals surface area contributed by atoms with Crippen molar-refractivity contribution < 1.29 is 9.53 Å². The summed E-state index contributed by atoms with van der Waals surface area (Å²) in [6.45, 7) is 5.82. The maximum absolute atomic E-state index is 12.8. The minimum absolute atomic E-state index is 0.177. The van der Waals surface area contributed by atoms with Crippen LogP contribution in [0.4, 0.5) is 0 Å². The molecule has 0 saturated carbocycles. The van der Waals surface area contributed by atoms with Crippen LogP contribution < -0.4 is 4.74 Å². The van der Waals surface area contributed by atoms with Crippen LogP contribution in [-0.4, -0.2) is 106 Å². The van der Waals surface area contributed by atoms with Gasteiger partial charge in [0.25, 0.3) is 0 Å². The molecule has 0 spiro atoms. The number of likely N-dealkylation sites (N-methyl/N-ethyl adjacent to an activating group) is 1. The van der Waals surface area contributed by atoms with Crippen molar-refractivity contribution in [3.05, 3.63) is 47.8 Å². The molecule has 3 aromatic heterocycles. The number of hydrogen-bond donors (Lipinski definition) is 1. The van der Waals surface area contributed by atoms with Gasteiger partial charge in [-0.05, 0) is 37.4 Å². The second-order valence-corrected chi connectivity index (χ2v) is 11.0. The Morgan fingerprint density at radius 1 is 1.13 bits per heavy atom. The van der Waals surface area contributed by atoms with E-state index in [0.717, 1.165) is 78.3 Å². The van der Waals surface area contributed by atoms with E-state index in [1.165, 1.54) is 17.5 Å². The van der Waals surface area contributed by atoms with Gasteiger partial charge in [0.15, 0.2) is 0 Å². The zero-order valence-electron chi connectivity index (χ0n) is 22.6. The van der Waals surface area contributed by atoms with Crippen molar-refractivity contribution in [1.82, 2.24) is 39.7 Å². The van der Waals surface area contributed by atoms with E-state index < -0.39 is 0 Å². The molecule has 1 aromatic carbocycles. The van der Waals surface area contributed by atoms with Gasteiger partial charge in [-0.15, -0.1) is 0 Å². The van der Waals surface area contributed by atoms with Crippen LogP contribution in [0.1, 0.15) is 23.6 Å². The number of fused-ring (bicyclic) bond motifs is 2. The lowest BCUT2D eigenvalue weighted by Crippen LogP contribution is -2.55. The number of aryl methyl sites for hydroxylation is 1. The highest BCUT2D eigenvalue weighted by molar-refractivity contribution is 5.93. The molecule has 1 amide bonds. The first kappa shape index (κ1) is 24.3. The standard InChI is InChI=1S/C29H34N8O2/c1-34-9-11-35(12-10-34)18-26(38)36-16-21(17-36)37-15-20(14-30-37)27-29-24(32-33-27)13-25(39-2)28(31-29)23-8-4-6-19-5-3-7-22(19)23/h4,6,8,13-15,21H,3,5,7,9-12,16-18H2,1-2H3,(H,32,33). The van der Waals surface area contributed by atoms with Crippen LogP contribution >= 0.6 is 0 Å². The Balaban J connectivity index is 1.10. The van der Waals surface area contributed by atoms with Gasteiger partial charge < -0.3 is 14.5 Å². The summed E-state index contributed by atoms with van der Waals surface area (Å²) in [6, 6.07) is 8.64. The number of rotatable bonds is 6. The number of aromatic amines is 1. The Kier molecular flexibility index (Phi) is 6.08. The average Bonchev–Trinajstić information content (AvgIpc) is 3.67. The number of nitrogens with one attached hydrogen (secondary N) is 1. The van der Waals surface area contributed by atoms with Gasteiger partial charge in [0.05, 0.1) is 31.4 Å². The first-order chi connectivity index (χ1) is 19.1. The second-order valence-electron chi connectivity index (χ2n) is 11.0. The lowest BCUT2D eigenvalue weighted by molar-refractivity contribution is -0.138. The average molecular weight is 527 g/mol. The molecule has 202 valence electrons. The molecule has 2 fully saturated rings. The summed E-state index contributed by atoms with van der Waals surface area (Å²) in [6.07, 6.45) is 7.22. The van der Waals surface area contributed by atoms with Crippen LogP contribution in [0.2, 0.25) is 0 Å². The van der Waals surface area contributed by atoms with Gasteiger partial charge in [0.2, 0.25) is 5.91 Å². The van der Waals surface area contributed by atoms with Crippen LogP contribution in [0.5, 0.6) is 5.75 Å². The quantitative estimate of drug-likeness (QED) is 0.413. The summed E-state index contributed by atoms with van der Waals surface area (Å²) in [5, 5.41) is 12.4. The molecule has 0 bridgehead atoms. The van der Waals surface area contributed by atoms with Crippen molar-refractivity contribution in [2.75, 3.05) is 60.0 Å². The molecule has 5 heterocycles. The smallest absolute Gasteiger partial charge is 0.236 e. The van der Waals surface area contributed by atoms with E-state index >= 15 is 0 Å². The topological polar surface area (TPSA) is 95.4 Å². The van der Waals surface area contributed by atoms with Crippen molar-refractivity contribution >= 4 is 16.9 Å². The van der Waals surface area contributed by atoms with Crippen LogP contribution in [0.15, 0.2) is 36.7 Å². The van der Waals surface area contributed by atoms with Gasteiger partial charge in [-0.1, -0.05) is 18.2 Å². The zero-order chi connectivity index (χ0) is 26.5. The molecule has 3 aliphatic rings. The van der Waals surface area contributed by atoms with E-state index in [0.29, 0.717) is 19.6 Å². The van der Waals surface area contributed by atoms with Gasteiger partial charge in [-0.25, -0.2) is 4.98 Å². The Bertz CT molecular complexity index is 1530. The van der Waals surface area contributed by atoms with Crippen LogP contribution in [0.25, 0.3) is 33.5 Å². The van der Waals surface area contributed by atoms with E-state index in [9.17, 15) is 4.79 Å². The summed E-state index contributed by atoms with van der Waals surface area (Å²) in [4.78, 5) is 24.4. The molecule has 39 heavy (non-hydrogen) atoms. The fourth-order valence-electron chi connectivity index (χ4n) is 6.10. The Morgan fingerprint density at radius 2 is 1.97 bits per heavy atom. The van der Waals surface area contributed by atoms with Gasteiger partial charge in [0, 0.05) is 62.7 Å². The van der Waals surface area contributed by atoms with Crippen molar-refractivity contribution in [2.45, 2.75) is 25.3 Å². The largest absolute Gasteiger partial charge is 0.494 e.